The molecule has 0 aliphatic rings. The van der Waals surface area contributed by atoms with E-state index >= 15 is 0 Å². The van der Waals surface area contributed by atoms with Crippen molar-refractivity contribution < 1.29 is 14.8 Å². The zero-order valence-electron chi connectivity index (χ0n) is 11.5. The van der Waals surface area contributed by atoms with Gasteiger partial charge in [-0.2, -0.15) is 0 Å². The van der Waals surface area contributed by atoms with Gasteiger partial charge in [-0.25, -0.2) is 0 Å². The molecule has 0 aliphatic carbocycles. The summed E-state index contributed by atoms with van der Waals surface area (Å²) in [5.74, 6) is 0.968. The highest BCUT2D eigenvalue weighted by Gasteiger charge is 2.12. The summed E-state index contributed by atoms with van der Waals surface area (Å²) in [6.45, 7) is 3.49. The van der Waals surface area contributed by atoms with Gasteiger partial charge in [0.05, 0.1) is 17.1 Å². The molecule has 2 rings (SSSR count). The van der Waals surface area contributed by atoms with Gasteiger partial charge in [0.2, 0.25) is 0 Å². The minimum Gasteiger partial charge on any atom is -0.457 e. The number of aliphatic hydroxyl groups excluding tert-OH is 1. The second kappa shape index (κ2) is 6.24. The maximum atomic E-state index is 10.8. The van der Waals surface area contributed by atoms with Crippen molar-refractivity contribution in [3.05, 3.63) is 62.1 Å². The van der Waals surface area contributed by atoms with E-state index in [4.69, 9.17) is 4.74 Å². The number of aliphatic hydroxyl groups is 1. The van der Waals surface area contributed by atoms with Crippen LogP contribution in [0.5, 0.6) is 11.5 Å². The fraction of sp³-hybridized carbons (Fsp3) is 0.200. The molecule has 0 saturated carbocycles. The van der Waals surface area contributed by atoms with Crippen LogP contribution in [0.25, 0.3) is 0 Å². The molecule has 0 heterocycles. The lowest BCUT2D eigenvalue weighted by molar-refractivity contribution is -0.384. The Bertz CT molecular complexity index is 685. The van der Waals surface area contributed by atoms with Crippen LogP contribution in [0.3, 0.4) is 0 Å². The third-order valence-electron chi connectivity index (χ3n) is 3.03. The van der Waals surface area contributed by atoms with E-state index in [0.29, 0.717) is 11.5 Å². The van der Waals surface area contributed by atoms with Crippen molar-refractivity contribution in [1.29, 1.82) is 0 Å². The van der Waals surface area contributed by atoms with Crippen molar-refractivity contribution in [1.82, 2.24) is 0 Å². The first-order valence-corrected chi connectivity index (χ1v) is 7.08. The highest BCUT2D eigenvalue weighted by molar-refractivity contribution is 9.10. The number of rotatable bonds is 4. The number of nitro groups is 1. The van der Waals surface area contributed by atoms with Crippen molar-refractivity contribution in [3.8, 4) is 11.5 Å². The predicted molar refractivity (Wildman–Crippen MR) is 82.7 cm³/mol. The van der Waals surface area contributed by atoms with Gasteiger partial charge in [0, 0.05) is 10.5 Å². The van der Waals surface area contributed by atoms with Crippen LogP contribution in [0.15, 0.2) is 40.9 Å². The molecule has 0 radical (unpaired) electrons. The van der Waals surface area contributed by atoms with Gasteiger partial charge in [-0.1, -0.05) is 22.0 Å². The summed E-state index contributed by atoms with van der Waals surface area (Å²) in [6, 6.07) is 9.66. The Morgan fingerprint density at radius 1 is 1.29 bits per heavy atom. The zero-order valence-corrected chi connectivity index (χ0v) is 13.1. The Morgan fingerprint density at radius 3 is 2.57 bits per heavy atom. The van der Waals surface area contributed by atoms with E-state index in [0.717, 1.165) is 15.6 Å². The second-order valence-electron chi connectivity index (χ2n) is 4.67. The van der Waals surface area contributed by atoms with Crippen molar-refractivity contribution in [3.63, 3.8) is 0 Å². The molecule has 0 fully saturated rings. The molecule has 1 N–H and O–H groups in total. The lowest BCUT2D eigenvalue weighted by Crippen LogP contribution is -1.95. The molecule has 0 saturated heterocycles. The van der Waals surface area contributed by atoms with Crippen molar-refractivity contribution in [2.24, 2.45) is 0 Å². The molecule has 1 unspecified atom stereocenters. The molecule has 0 aliphatic heterocycles. The summed E-state index contributed by atoms with van der Waals surface area (Å²) in [5, 5.41) is 20.4. The largest absolute Gasteiger partial charge is 0.457 e. The third-order valence-corrected chi connectivity index (χ3v) is 3.72. The van der Waals surface area contributed by atoms with Gasteiger partial charge in [0.15, 0.2) is 0 Å². The number of nitrogens with zero attached hydrogens (tertiary/aromatic N) is 1. The average molecular weight is 352 g/mol. The minimum atomic E-state index is -0.590. The molecule has 6 heteroatoms. The average Bonchev–Trinajstić information content (AvgIpc) is 2.40. The number of aryl methyl sites for hydroxylation is 1. The van der Waals surface area contributed by atoms with E-state index < -0.39 is 11.0 Å². The Labute approximate surface area is 130 Å². The summed E-state index contributed by atoms with van der Waals surface area (Å²) in [6.07, 6.45) is -0.590. The fourth-order valence-corrected chi connectivity index (χ4v) is 2.54. The maximum Gasteiger partial charge on any atom is 0.273 e. The smallest absolute Gasteiger partial charge is 0.273 e. The molecular weight excluding hydrogens is 338 g/mol. The van der Waals surface area contributed by atoms with E-state index in [1.54, 1.807) is 31.2 Å². The topological polar surface area (TPSA) is 72.6 Å². The highest BCUT2D eigenvalue weighted by Crippen LogP contribution is 2.32. The van der Waals surface area contributed by atoms with Crippen LogP contribution in [0.1, 0.15) is 24.2 Å². The van der Waals surface area contributed by atoms with Gasteiger partial charge in [0.1, 0.15) is 11.5 Å². The first-order valence-electron chi connectivity index (χ1n) is 6.29. The Morgan fingerprint density at radius 2 is 2.00 bits per heavy atom. The summed E-state index contributed by atoms with van der Waals surface area (Å²) in [5.41, 5.74) is 1.53. The molecule has 1 atom stereocenters. The number of hydrogen-bond donors (Lipinski definition) is 1. The molecule has 21 heavy (non-hydrogen) atoms. The van der Waals surface area contributed by atoms with E-state index in [-0.39, 0.29) is 5.69 Å². The van der Waals surface area contributed by atoms with Gasteiger partial charge in [-0.05, 0) is 43.2 Å². The first-order chi connectivity index (χ1) is 9.88. The molecule has 0 spiro atoms. The van der Waals surface area contributed by atoms with Crippen molar-refractivity contribution in [2.75, 3.05) is 0 Å². The minimum absolute atomic E-state index is 0.0183. The summed E-state index contributed by atoms with van der Waals surface area (Å²) in [4.78, 5) is 10.3. The van der Waals surface area contributed by atoms with E-state index in [2.05, 4.69) is 15.9 Å². The van der Waals surface area contributed by atoms with E-state index in [9.17, 15) is 15.2 Å². The van der Waals surface area contributed by atoms with Gasteiger partial charge < -0.3 is 9.84 Å². The van der Waals surface area contributed by atoms with Gasteiger partial charge in [0.25, 0.3) is 5.69 Å². The number of hydrogen-bond acceptors (Lipinski definition) is 4. The number of nitro benzene ring substituents is 1. The number of non-ortho nitro benzene ring substituents is 1. The summed E-state index contributed by atoms with van der Waals surface area (Å²) < 4.78 is 6.42. The monoisotopic (exact) mass is 351 g/mol. The fourth-order valence-electron chi connectivity index (χ4n) is 1.85. The summed E-state index contributed by atoms with van der Waals surface area (Å²) in [7, 11) is 0. The molecule has 2 aromatic carbocycles. The SMILES string of the molecule is Cc1ccc([N+](=O)[O-])cc1Oc1ccc(C(C)O)c(Br)c1. The molecule has 2 aromatic rings. The van der Waals surface area contributed by atoms with Crippen LogP contribution < -0.4 is 4.74 Å². The maximum absolute atomic E-state index is 10.8. The van der Waals surface area contributed by atoms with Crippen molar-refractivity contribution >= 4 is 21.6 Å². The van der Waals surface area contributed by atoms with E-state index in [1.165, 1.54) is 12.1 Å². The van der Waals surface area contributed by atoms with Crippen LogP contribution in [0, 0.1) is 17.0 Å². The van der Waals surface area contributed by atoms with Crippen LogP contribution in [-0.4, -0.2) is 10.0 Å². The number of halogens is 1. The normalized spacial score (nSPS) is 12.0. The van der Waals surface area contributed by atoms with Crippen molar-refractivity contribution in [2.45, 2.75) is 20.0 Å². The van der Waals surface area contributed by atoms with Crippen LogP contribution in [0.4, 0.5) is 5.69 Å². The Balaban J connectivity index is 2.32. The van der Waals surface area contributed by atoms with Gasteiger partial charge in [-0.3, -0.25) is 10.1 Å². The van der Waals surface area contributed by atoms with Crippen LogP contribution in [-0.2, 0) is 0 Å². The van der Waals surface area contributed by atoms with Gasteiger partial charge >= 0.3 is 0 Å². The second-order valence-corrected chi connectivity index (χ2v) is 5.52. The molecule has 0 amide bonds. The Kier molecular flexibility index (Phi) is 4.59. The first kappa shape index (κ1) is 15.5. The molecule has 110 valence electrons. The third kappa shape index (κ3) is 3.59. The van der Waals surface area contributed by atoms with Crippen LogP contribution in [0.2, 0.25) is 0 Å². The van der Waals surface area contributed by atoms with Gasteiger partial charge in [-0.15, -0.1) is 0 Å². The predicted octanol–water partition coefficient (Wildman–Crippen LogP) is 4.51. The molecule has 0 bridgehead atoms. The van der Waals surface area contributed by atoms with Crippen LogP contribution >= 0.6 is 15.9 Å². The quantitative estimate of drug-likeness (QED) is 0.649. The number of ether oxygens (including phenoxy) is 1. The molecule has 5 nitrogen and oxygen atoms in total. The lowest BCUT2D eigenvalue weighted by Gasteiger charge is -2.12. The molecule has 0 aromatic heterocycles. The Hall–Kier alpha value is -1.92. The summed E-state index contributed by atoms with van der Waals surface area (Å²) >= 11 is 3.37. The molecular formula is C15H14BrNO4. The zero-order chi connectivity index (χ0) is 15.6. The van der Waals surface area contributed by atoms with E-state index in [1.807, 2.05) is 6.92 Å². The number of benzene rings is 2. The highest BCUT2D eigenvalue weighted by atomic mass is 79.9. The standard InChI is InChI=1S/C15H14BrNO4/c1-9-3-4-11(17(19)20)7-15(9)21-12-5-6-13(10(2)18)14(16)8-12/h3-8,10,18H,1-2H3. The lowest BCUT2D eigenvalue weighted by atomic mass is 10.1.